The van der Waals surface area contributed by atoms with Crippen molar-refractivity contribution in [1.29, 1.82) is 0 Å². The second kappa shape index (κ2) is 7.29. The van der Waals surface area contributed by atoms with Gasteiger partial charge in [-0.15, -0.1) is 0 Å². The molecule has 5 heteroatoms. The summed E-state index contributed by atoms with van der Waals surface area (Å²) in [6, 6.07) is 6.88. The average Bonchev–Trinajstić information content (AvgIpc) is 2.34. The van der Waals surface area contributed by atoms with Crippen LogP contribution in [0.15, 0.2) is 24.3 Å². The minimum atomic E-state index is -0.503. The van der Waals surface area contributed by atoms with E-state index in [4.69, 9.17) is 11.6 Å². The third-order valence-electron chi connectivity index (χ3n) is 2.98. The predicted octanol–water partition coefficient (Wildman–Crippen LogP) is 2.46. The molecule has 0 aliphatic heterocycles. The van der Waals surface area contributed by atoms with E-state index in [-0.39, 0.29) is 17.7 Å². The van der Waals surface area contributed by atoms with Crippen molar-refractivity contribution in [2.45, 2.75) is 33.4 Å². The molecule has 20 heavy (non-hydrogen) atoms. The van der Waals surface area contributed by atoms with Gasteiger partial charge in [0.05, 0.1) is 0 Å². The molecule has 0 bridgehead atoms. The monoisotopic (exact) mass is 296 g/mol. The van der Waals surface area contributed by atoms with Crippen molar-refractivity contribution in [2.24, 2.45) is 5.92 Å². The maximum Gasteiger partial charge on any atom is 0.245 e. The highest BCUT2D eigenvalue weighted by Gasteiger charge is 2.25. The lowest BCUT2D eigenvalue weighted by molar-refractivity contribution is -0.136. The molecule has 2 amide bonds. The van der Waals surface area contributed by atoms with Crippen LogP contribution >= 0.6 is 11.6 Å². The van der Waals surface area contributed by atoms with Crippen LogP contribution in [-0.4, -0.2) is 29.8 Å². The largest absolute Gasteiger partial charge is 0.344 e. The highest BCUT2D eigenvalue weighted by Crippen LogP contribution is 2.13. The fourth-order valence-electron chi connectivity index (χ4n) is 1.96. The molecule has 1 aromatic rings. The van der Waals surface area contributed by atoms with Gasteiger partial charge >= 0.3 is 0 Å². The zero-order chi connectivity index (χ0) is 15.3. The number of amides is 2. The van der Waals surface area contributed by atoms with Crippen molar-refractivity contribution in [1.82, 2.24) is 10.2 Å². The van der Waals surface area contributed by atoms with Crippen LogP contribution in [0.5, 0.6) is 0 Å². The molecular weight excluding hydrogens is 276 g/mol. The SMILES string of the molecule is CC(=O)NC(C(=O)N(C)Cc1cccc(Cl)c1)C(C)C. The Morgan fingerprint density at radius 3 is 2.50 bits per heavy atom. The quantitative estimate of drug-likeness (QED) is 0.907. The first-order valence-corrected chi connectivity index (χ1v) is 6.95. The number of hydrogen-bond donors (Lipinski definition) is 1. The van der Waals surface area contributed by atoms with Gasteiger partial charge in [-0.1, -0.05) is 37.6 Å². The Balaban J connectivity index is 2.76. The predicted molar refractivity (Wildman–Crippen MR) is 80.4 cm³/mol. The van der Waals surface area contributed by atoms with Crippen LogP contribution in [0.25, 0.3) is 0 Å². The fourth-order valence-corrected chi connectivity index (χ4v) is 2.17. The minimum Gasteiger partial charge on any atom is -0.344 e. The van der Waals surface area contributed by atoms with E-state index in [0.29, 0.717) is 11.6 Å². The highest BCUT2D eigenvalue weighted by molar-refractivity contribution is 6.30. The Bertz CT molecular complexity index is 489. The number of hydrogen-bond acceptors (Lipinski definition) is 2. The number of halogens is 1. The molecule has 0 aliphatic rings. The lowest BCUT2D eigenvalue weighted by Crippen LogP contribution is -2.49. The summed E-state index contributed by atoms with van der Waals surface area (Å²) in [4.78, 5) is 25.2. The van der Waals surface area contributed by atoms with E-state index < -0.39 is 6.04 Å². The second-order valence-corrected chi connectivity index (χ2v) is 5.68. The van der Waals surface area contributed by atoms with Gasteiger partial charge in [-0.2, -0.15) is 0 Å². The topological polar surface area (TPSA) is 49.4 Å². The lowest BCUT2D eigenvalue weighted by Gasteiger charge is -2.26. The van der Waals surface area contributed by atoms with Gasteiger partial charge in [0.1, 0.15) is 6.04 Å². The summed E-state index contributed by atoms with van der Waals surface area (Å²) in [6.45, 7) is 5.69. The van der Waals surface area contributed by atoms with E-state index in [2.05, 4.69) is 5.32 Å². The molecule has 0 heterocycles. The summed E-state index contributed by atoms with van der Waals surface area (Å²) in [5.74, 6) is -0.267. The van der Waals surface area contributed by atoms with Crippen LogP contribution in [0.2, 0.25) is 5.02 Å². The number of nitrogens with one attached hydrogen (secondary N) is 1. The van der Waals surface area contributed by atoms with E-state index in [1.807, 2.05) is 32.0 Å². The van der Waals surface area contributed by atoms with Crippen molar-refractivity contribution in [3.8, 4) is 0 Å². The first-order chi connectivity index (χ1) is 9.31. The van der Waals surface area contributed by atoms with Crippen LogP contribution in [0.3, 0.4) is 0 Å². The van der Waals surface area contributed by atoms with E-state index in [1.54, 1.807) is 18.0 Å². The zero-order valence-electron chi connectivity index (χ0n) is 12.3. The third-order valence-corrected chi connectivity index (χ3v) is 3.21. The second-order valence-electron chi connectivity index (χ2n) is 5.25. The van der Waals surface area contributed by atoms with Crippen molar-refractivity contribution in [3.63, 3.8) is 0 Å². The Hall–Kier alpha value is -1.55. The van der Waals surface area contributed by atoms with Crippen LogP contribution in [0.4, 0.5) is 0 Å². The van der Waals surface area contributed by atoms with E-state index in [9.17, 15) is 9.59 Å². The van der Waals surface area contributed by atoms with Gasteiger partial charge in [-0.05, 0) is 23.6 Å². The summed E-state index contributed by atoms with van der Waals surface area (Å²) in [5, 5.41) is 3.35. The molecule has 1 rings (SSSR count). The summed E-state index contributed by atoms with van der Waals surface area (Å²) in [7, 11) is 1.72. The Morgan fingerprint density at radius 2 is 2.00 bits per heavy atom. The van der Waals surface area contributed by atoms with Crippen LogP contribution < -0.4 is 5.32 Å². The Kier molecular flexibility index (Phi) is 6.02. The molecule has 0 aromatic heterocycles. The Labute approximate surface area is 125 Å². The molecule has 1 unspecified atom stereocenters. The van der Waals surface area contributed by atoms with E-state index >= 15 is 0 Å². The van der Waals surface area contributed by atoms with Crippen molar-refractivity contribution < 1.29 is 9.59 Å². The van der Waals surface area contributed by atoms with Gasteiger partial charge in [0.25, 0.3) is 0 Å². The number of rotatable bonds is 5. The zero-order valence-corrected chi connectivity index (χ0v) is 13.1. The average molecular weight is 297 g/mol. The number of carbonyl (C=O) groups is 2. The van der Waals surface area contributed by atoms with E-state index in [0.717, 1.165) is 5.56 Å². The first kappa shape index (κ1) is 16.5. The molecule has 0 aliphatic carbocycles. The molecule has 110 valence electrons. The smallest absolute Gasteiger partial charge is 0.245 e. The molecule has 1 N–H and O–H groups in total. The molecule has 0 saturated heterocycles. The van der Waals surface area contributed by atoms with Crippen LogP contribution in [-0.2, 0) is 16.1 Å². The molecule has 0 radical (unpaired) electrons. The first-order valence-electron chi connectivity index (χ1n) is 6.57. The van der Waals surface area contributed by atoms with Gasteiger partial charge in [0.2, 0.25) is 11.8 Å². The molecule has 0 saturated carbocycles. The number of carbonyl (C=O) groups excluding carboxylic acids is 2. The van der Waals surface area contributed by atoms with Gasteiger partial charge in [0.15, 0.2) is 0 Å². The Morgan fingerprint density at radius 1 is 1.35 bits per heavy atom. The summed E-state index contributed by atoms with van der Waals surface area (Å²) in [5.41, 5.74) is 0.957. The standard InChI is InChI=1S/C15H21ClN2O2/c1-10(2)14(17-11(3)19)15(20)18(4)9-12-6-5-7-13(16)8-12/h5-8,10,14H,9H2,1-4H3,(H,17,19). The maximum atomic E-state index is 12.4. The van der Waals surface area contributed by atoms with Crippen LogP contribution in [0.1, 0.15) is 26.3 Å². The molecule has 0 fully saturated rings. The molecule has 1 atom stereocenters. The lowest BCUT2D eigenvalue weighted by atomic mass is 10.0. The number of likely N-dealkylation sites (N-methyl/N-ethyl adjacent to an activating group) is 1. The molecule has 1 aromatic carbocycles. The number of benzene rings is 1. The van der Waals surface area contributed by atoms with Gasteiger partial charge in [-0.3, -0.25) is 9.59 Å². The summed E-state index contributed by atoms with van der Waals surface area (Å²) >= 11 is 5.93. The fraction of sp³-hybridized carbons (Fsp3) is 0.467. The van der Waals surface area contributed by atoms with Gasteiger partial charge in [-0.25, -0.2) is 0 Å². The highest BCUT2D eigenvalue weighted by atomic mass is 35.5. The van der Waals surface area contributed by atoms with Crippen molar-refractivity contribution in [3.05, 3.63) is 34.9 Å². The summed E-state index contributed by atoms with van der Waals surface area (Å²) < 4.78 is 0. The van der Waals surface area contributed by atoms with Crippen molar-refractivity contribution >= 4 is 23.4 Å². The minimum absolute atomic E-state index is 0.0354. The molecule has 0 spiro atoms. The van der Waals surface area contributed by atoms with Gasteiger partial charge in [0, 0.05) is 25.5 Å². The normalized spacial score (nSPS) is 12.1. The summed E-state index contributed by atoms with van der Waals surface area (Å²) in [6.07, 6.45) is 0. The third kappa shape index (κ3) is 4.85. The molecule has 4 nitrogen and oxygen atoms in total. The van der Waals surface area contributed by atoms with E-state index in [1.165, 1.54) is 6.92 Å². The maximum absolute atomic E-state index is 12.4. The van der Waals surface area contributed by atoms with Crippen molar-refractivity contribution in [2.75, 3.05) is 7.05 Å². The van der Waals surface area contributed by atoms with Crippen LogP contribution in [0, 0.1) is 5.92 Å². The van der Waals surface area contributed by atoms with Gasteiger partial charge < -0.3 is 10.2 Å². The number of nitrogens with zero attached hydrogens (tertiary/aromatic N) is 1. The molecular formula is C15H21ClN2O2.